The third-order valence-corrected chi connectivity index (χ3v) is 1.29. The first-order chi connectivity index (χ1) is 5.22. The number of aliphatic hydroxyl groups excluding tert-OH is 1. The summed E-state index contributed by atoms with van der Waals surface area (Å²) in [5.41, 5.74) is 7.01. The summed E-state index contributed by atoms with van der Waals surface area (Å²) >= 11 is 0. The number of rotatable bonds is 2. The molecule has 0 radical (unpaired) electrons. The number of hydrogen-bond acceptors (Lipinski definition) is 4. The summed E-state index contributed by atoms with van der Waals surface area (Å²) in [5, 5.41) is 8.60. The number of aliphatic hydroxyl groups is 1. The number of aryl methyl sites for hydroxylation is 1. The molecule has 60 valence electrons. The molecule has 4 nitrogen and oxygen atoms in total. The van der Waals surface area contributed by atoms with Crippen molar-refractivity contribution in [2.45, 2.75) is 13.3 Å². The first-order valence-corrected chi connectivity index (χ1v) is 3.43. The molecule has 1 rings (SSSR count). The Bertz CT molecular complexity index is 229. The summed E-state index contributed by atoms with van der Waals surface area (Å²) in [7, 11) is 0. The Morgan fingerprint density at radius 3 is 2.82 bits per heavy atom. The van der Waals surface area contributed by atoms with E-state index in [0.29, 0.717) is 6.42 Å². The van der Waals surface area contributed by atoms with Crippen LogP contribution in [-0.2, 0) is 6.42 Å². The minimum absolute atomic E-state index is 0.0931. The van der Waals surface area contributed by atoms with E-state index in [9.17, 15) is 0 Å². The van der Waals surface area contributed by atoms with E-state index in [4.69, 9.17) is 10.8 Å². The van der Waals surface area contributed by atoms with Crippen LogP contribution >= 0.6 is 0 Å². The number of nitrogen functional groups attached to an aromatic ring is 1. The van der Waals surface area contributed by atoms with Gasteiger partial charge in [-0.25, -0.2) is 9.97 Å². The van der Waals surface area contributed by atoms with Gasteiger partial charge in [-0.3, -0.25) is 0 Å². The van der Waals surface area contributed by atoms with Gasteiger partial charge < -0.3 is 10.8 Å². The van der Waals surface area contributed by atoms with Crippen molar-refractivity contribution in [2.24, 2.45) is 0 Å². The lowest BCUT2D eigenvalue weighted by Gasteiger charge is -1.99. The molecule has 0 spiro atoms. The van der Waals surface area contributed by atoms with Crippen molar-refractivity contribution < 1.29 is 5.11 Å². The molecule has 0 bridgehead atoms. The maximum atomic E-state index is 8.60. The van der Waals surface area contributed by atoms with Crippen LogP contribution in [0.1, 0.15) is 11.4 Å². The van der Waals surface area contributed by atoms with Gasteiger partial charge in [-0.05, 0) is 13.0 Å². The monoisotopic (exact) mass is 153 g/mol. The maximum Gasteiger partial charge on any atom is 0.220 e. The predicted molar refractivity (Wildman–Crippen MR) is 42.0 cm³/mol. The molecule has 3 N–H and O–H groups in total. The third-order valence-electron chi connectivity index (χ3n) is 1.29. The van der Waals surface area contributed by atoms with E-state index in [0.717, 1.165) is 11.4 Å². The van der Waals surface area contributed by atoms with Crippen LogP contribution in [0.4, 0.5) is 5.95 Å². The molecule has 0 amide bonds. The van der Waals surface area contributed by atoms with Crippen LogP contribution in [0.5, 0.6) is 0 Å². The maximum absolute atomic E-state index is 8.60. The number of aromatic nitrogens is 2. The van der Waals surface area contributed by atoms with Gasteiger partial charge >= 0.3 is 0 Å². The summed E-state index contributed by atoms with van der Waals surface area (Å²) in [5.74, 6) is 0.272. The molecule has 0 atom stereocenters. The summed E-state index contributed by atoms with van der Waals surface area (Å²) in [4.78, 5) is 7.83. The molecule has 0 saturated carbocycles. The summed E-state index contributed by atoms with van der Waals surface area (Å²) in [6, 6.07) is 1.81. The Morgan fingerprint density at radius 2 is 2.27 bits per heavy atom. The van der Waals surface area contributed by atoms with Crippen LogP contribution in [0, 0.1) is 6.92 Å². The van der Waals surface area contributed by atoms with Crippen molar-refractivity contribution in [1.29, 1.82) is 0 Å². The lowest BCUT2D eigenvalue weighted by atomic mass is 10.3. The van der Waals surface area contributed by atoms with Gasteiger partial charge in [0.05, 0.1) is 0 Å². The van der Waals surface area contributed by atoms with E-state index in [1.165, 1.54) is 0 Å². The molecule has 0 aliphatic rings. The van der Waals surface area contributed by atoms with E-state index >= 15 is 0 Å². The van der Waals surface area contributed by atoms with E-state index in [1.54, 1.807) is 0 Å². The van der Waals surface area contributed by atoms with Crippen LogP contribution in [0.25, 0.3) is 0 Å². The van der Waals surface area contributed by atoms with E-state index in [-0.39, 0.29) is 12.6 Å². The highest BCUT2D eigenvalue weighted by Crippen LogP contribution is 2.01. The molecule has 1 heterocycles. The second-order valence-corrected chi connectivity index (χ2v) is 2.33. The Balaban J connectivity index is 2.89. The van der Waals surface area contributed by atoms with Gasteiger partial charge in [-0.2, -0.15) is 0 Å². The molecule has 0 aliphatic heterocycles. The smallest absolute Gasteiger partial charge is 0.220 e. The lowest BCUT2D eigenvalue weighted by Crippen LogP contribution is -2.02. The average molecular weight is 153 g/mol. The van der Waals surface area contributed by atoms with Crippen LogP contribution in [0.15, 0.2) is 6.07 Å². The second-order valence-electron chi connectivity index (χ2n) is 2.33. The fourth-order valence-corrected chi connectivity index (χ4v) is 0.901. The van der Waals surface area contributed by atoms with Crippen LogP contribution in [0.3, 0.4) is 0 Å². The van der Waals surface area contributed by atoms with Crippen LogP contribution < -0.4 is 5.73 Å². The van der Waals surface area contributed by atoms with Crippen molar-refractivity contribution in [3.05, 3.63) is 17.5 Å². The van der Waals surface area contributed by atoms with Gasteiger partial charge in [-0.1, -0.05) is 0 Å². The Labute approximate surface area is 65.1 Å². The molecule has 0 aliphatic carbocycles. The SMILES string of the molecule is Cc1cc(CCO)nc(N)n1. The number of hydrogen-bond donors (Lipinski definition) is 2. The molecule has 0 fully saturated rings. The fraction of sp³-hybridized carbons (Fsp3) is 0.429. The van der Waals surface area contributed by atoms with E-state index in [1.807, 2.05) is 13.0 Å². The zero-order valence-electron chi connectivity index (χ0n) is 6.41. The molecule has 0 unspecified atom stereocenters. The molecule has 4 heteroatoms. The predicted octanol–water partition coefficient (Wildman–Crippen LogP) is -0.0980. The normalized spacial score (nSPS) is 10.0. The first-order valence-electron chi connectivity index (χ1n) is 3.43. The molecular formula is C7H11N3O. The minimum atomic E-state index is 0.0931. The molecule has 11 heavy (non-hydrogen) atoms. The van der Waals surface area contributed by atoms with Gasteiger partial charge in [0.2, 0.25) is 5.95 Å². The second kappa shape index (κ2) is 3.30. The van der Waals surface area contributed by atoms with E-state index in [2.05, 4.69) is 9.97 Å². The summed E-state index contributed by atoms with van der Waals surface area (Å²) in [6.45, 7) is 1.94. The quantitative estimate of drug-likeness (QED) is 0.622. The van der Waals surface area contributed by atoms with Gasteiger partial charge in [0.15, 0.2) is 0 Å². The summed E-state index contributed by atoms with van der Waals surface area (Å²) < 4.78 is 0. The third kappa shape index (κ3) is 2.16. The lowest BCUT2D eigenvalue weighted by molar-refractivity contribution is 0.298. The highest BCUT2D eigenvalue weighted by Gasteiger charge is 1.97. The highest BCUT2D eigenvalue weighted by molar-refractivity contribution is 5.21. The fourth-order valence-electron chi connectivity index (χ4n) is 0.901. The molecule has 1 aromatic rings. The minimum Gasteiger partial charge on any atom is -0.396 e. The van der Waals surface area contributed by atoms with Crippen molar-refractivity contribution in [3.63, 3.8) is 0 Å². The van der Waals surface area contributed by atoms with Crippen molar-refractivity contribution in [2.75, 3.05) is 12.3 Å². The van der Waals surface area contributed by atoms with E-state index < -0.39 is 0 Å². The Morgan fingerprint density at radius 1 is 1.55 bits per heavy atom. The van der Waals surface area contributed by atoms with Crippen molar-refractivity contribution >= 4 is 5.95 Å². The van der Waals surface area contributed by atoms with Gasteiger partial charge in [0, 0.05) is 24.4 Å². The topological polar surface area (TPSA) is 72.0 Å². The Hall–Kier alpha value is -1.16. The zero-order valence-corrected chi connectivity index (χ0v) is 6.41. The number of nitrogens with two attached hydrogens (primary N) is 1. The highest BCUT2D eigenvalue weighted by atomic mass is 16.3. The number of anilines is 1. The van der Waals surface area contributed by atoms with Gasteiger partial charge in [0.1, 0.15) is 0 Å². The standard InChI is InChI=1S/C7H11N3O/c1-5-4-6(2-3-11)10-7(8)9-5/h4,11H,2-3H2,1H3,(H2,8,9,10). The largest absolute Gasteiger partial charge is 0.396 e. The molecule has 0 saturated heterocycles. The first kappa shape index (κ1) is 7.94. The molecular weight excluding hydrogens is 142 g/mol. The van der Waals surface area contributed by atoms with Gasteiger partial charge in [-0.15, -0.1) is 0 Å². The Kier molecular flexibility index (Phi) is 2.38. The van der Waals surface area contributed by atoms with Crippen LogP contribution in [0.2, 0.25) is 0 Å². The van der Waals surface area contributed by atoms with Gasteiger partial charge in [0.25, 0.3) is 0 Å². The number of nitrogens with zero attached hydrogens (tertiary/aromatic N) is 2. The molecule has 0 aromatic carbocycles. The zero-order chi connectivity index (χ0) is 8.27. The average Bonchev–Trinajstić information content (AvgIpc) is 1.85. The van der Waals surface area contributed by atoms with Crippen molar-refractivity contribution in [3.8, 4) is 0 Å². The van der Waals surface area contributed by atoms with Crippen LogP contribution in [-0.4, -0.2) is 21.7 Å². The van der Waals surface area contributed by atoms with Crippen molar-refractivity contribution in [1.82, 2.24) is 9.97 Å². The molecule has 1 aromatic heterocycles. The summed E-state index contributed by atoms with van der Waals surface area (Å²) in [6.07, 6.45) is 0.535.